The smallest absolute Gasteiger partial charge is 0.244 e. The highest BCUT2D eigenvalue weighted by atomic mass is 16.3. The maximum Gasteiger partial charge on any atom is 0.244 e. The largest absolute Gasteiger partial charge is 0.396 e. The molecule has 0 saturated heterocycles. The molecule has 0 aromatic rings. The van der Waals surface area contributed by atoms with Crippen molar-refractivity contribution in [1.82, 2.24) is 10.6 Å². The van der Waals surface area contributed by atoms with E-state index in [1.54, 1.807) is 0 Å². The number of unbranched alkanes of at least 4 members (excludes halogenated alkanes) is 5. The Balaban J connectivity index is 3.44. The van der Waals surface area contributed by atoms with Crippen molar-refractivity contribution in [2.24, 2.45) is 0 Å². The molecule has 0 bridgehead atoms. The maximum atomic E-state index is 11.3. The van der Waals surface area contributed by atoms with Crippen molar-refractivity contribution in [3.8, 4) is 0 Å². The fourth-order valence-corrected chi connectivity index (χ4v) is 1.58. The lowest BCUT2D eigenvalue weighted by molar-refractivity contribution is -0.123. The summed E-state index contributed by atoms with van der Waals surface area (Å²) in [5.41, 5.74) is 0. The fourth-order valence-electron chi connectivity index (χ4n) is 1.58. The summed E-state index contributed by atoms with van der Waals surface area (Å²) in [5, 5.41) is 13.7. The van der Waals surface area contributed by atoms with Crippen molar-refractivity contribution in [1.29, 1.82) is 0 Å². The molecule has 5 nitrogen and oxygen atoms in total. The van der Waals surface area contributed by atoms with Gasteiger partial charge in [-0.3, -0.25) is 9.59 Å². The SMILES string of the molecule is CCNC(=O)CNC(=O)/C=C/CCCCCCCO. The predicted molar refractivity (Wildman–Crippen MR) is 75.6 cm³/mol. The molecule has 0 fully saturated rings. The van der Waals surface area contributed by atoms with Gasteiger partial charge >= 0.3 is 0 Å². The Morgan fingerprint density at radius 2 is 1.74 bits per heavy atom. The molecule has 0 unspecified atom stereocenters. The van der Waals surface area contributed by atoms with Gasteiger partial charge in [-0.05, 0) is 32.3 Å². The zero-order valence-electron chi connectivity index (χ0n) is 11.8. The topological polar surface area (TPSA) is 78.4 Å². The minimum Gasteiger partial charge on any atom is -0.396 e. The number of aliphatic hydroxyl groups is 1. The monoisotopic (exact) mass is 270 g/mol. The van der Waals surface area contributed by atoms with Crippen LogP contribution in [0.3, 0.4) is 0 Å². The molecule has 0 aliphatic rings. The van der Waals surface area contributed by atoms with E-state index in [4.69, 9.17) is 5.11 Å². The molecule has 3 N–H and O–H groups in total. The molecule has 5 heteroatoms. The highest BCUT2D eigenvalue weighted by Gasteiger charge is 2.00. The van der Waals surface area contributed by atoms with E-state index in [9.17, 15) is 9.59 Å². The number of carbonyl (C=O) groups is 2. The van der Waals surface area contributed by atoms with Crippen molar-refractivity contribution in [2.75, 3.05) is 19.7 Å². The van der Waals surface area contributed by atoms with Gasteiger partial charge in [0.25, 0.3) is 0 Å². The normalized spacial score (nSPS) is 10.6. The molecule has 0 rings (SSSR count). The molecule has 0 atom stereocenters. The third-order valence-corrected chi connectivity index (χ3v) is 2.60. The summed E-state index contributed by atoms with van der Waals surface area (Å²) >= 11 is 0. The summed E-state index contributed by atoms with van der Waals surface area (Å²) < 4.78 is 0. The molecule has 0 radical (unpaired) electrons. The third-order valence-electron chi connectivity index (χ3n) is 2.60. The first-order valence-electron chi connectivity index (χ1n) is 7.02. The highest BCUT2D eigenvalue weighted by Crippen LogP contribution is 2.05. The van der Waals surface area contributed by atoms with E-state index in [1.165, 1.54) is 6.08 Å². The number of nitrogens with one attached hydrogen (secondary N) is 2. The fraction of sp³-hybridized carbons (Fsp3) is 0.714. The second-order valence-electron chi connectivity index (χ2n) is 4.35. The molecular formula is C14H26N2O3. The van der Waals surface area contributed by atoms with Gasteiger partial charge in [0.15, 0.2) is 0 Å². The molecule has 0 saturated carbocycles. The summed E-state index contributed by atoms with van der Waals surface area (Å²) in [6.45, 7) is 2.70. The Labute approximate surface area is 115 Å². The van der Waals surface area contributed by atoms with Crippen LogP contribution in [0.25, 0.3) is 0 Å². The van der Waals surface area contributed by atoms with Crippen LogP contribution < -0.4 is 10.6 Å². The van der Waals surface area contributed by atoms with Crippen LogP contribution in [-0.4, -0.2) is 36.6 Å². The van der Waals surface area contributed by atoms with Crippen LogP contribution >= 0.6 is 0 Å². The molecule has 0 aliphatic carbocycles. The second kappa shape index (κ2) is 13.1. The summed E-state index contributed by atoms with van der Waals surface area (Å²) in [5.74, 6) is -0.403. The first-order valence-corrected chi connectivity index (χ1v) is 7.02. The molecule has 0 aliphatic heterocycles. The Bertz CT molecular complexity index is 278. The Morgan fingerprint density at radius 3 is 2.42 bits per heavy atom. The van der Waals surface area contributed by atoms with Gasteiger partial charge in [0.1, 0.15) is 0 Å². The average molecular weight is 270 g/mol. The number of carbonyl (C=O) groups excluding carboxylic acids is 2. The van der Waals surface area contributed by atoms with Gasteiger partial charge in [0, 0.05) is 13.2 Å². The van der Waals surface area contributed by atoms with Crippen LogP contribution in [0.2, 0.25) is 0 Å². The highest BCUT2D eigenvalue weighted by molar-refractivity contribution is 5.91. The molecule has 0 spiro atoms. The van der Waals surface area contributed by atoms with E-state index in [2.05, 4.69) is 10.6 Å². The van der Waals surface area contributed by atoms with E-state index >= 15 is 0 Å². The van der Waals surface area contributed by atoms with Gasteiger partial charge in [-0.1, -0.05) is 25.3 Å². The lowest BCUT2D eigenvalue weighted by Gasteiger charge is -2.02. The van der Waals surface area contributed by atoms with Crippen LogP contribution in [-0.2, 0) is 9.59 Å². The van der Waals surface area contributed by atoms with Crippen LogP contribution in [0.4, 0.5) is 0 Å². The van der Waals surface area contributed by atoms with Crippen molar-refractivity contribution in [2.45, 2.75) is 45.4 Å². The molecular weight excluding hydrogens is 244 g/mol. The zero-order chi connectivity index (χ0) is 14.3. The summed E-state index contributed by atoms with van der Waals surface area (Å²) in [6.07, 6.45) is 9.40. The number of hydrogen-bond donors (Lipinski definition) is 3. The van der Waals surface area contributed by atoms with Gasteiger partial charge in [0.2, 0.25) is 11.8 Å². The molecule has 2 amide bonds. The lowest BCUT2D eigenvalue weighted by atomic mass is 10.1. The van der Waals surface area contributed by atoms with Gasteiger partial charge < -0.3 is 15.7 Å². The minimum atomic E-state index is -0.230. The number of hydrogen-bond acceptors (Lipinski definition) is 3. The predicted octanol–water partition coefficient (Wildman–Crippen LogP) is 1.13. The van der Waals surface area contributed by atoms with E-state index in [1.807, 2.05) is 13.0 Å². The van der Waals surface area contributed by atoms with Crippen LogP contribution in [0, 0.1) is 0 Å². The number of amides is 2. The van der Waals surface area contributed by atoms with E-state index in [-0.39, 0.29) is 25.0 Å². The van der Waals surface area contributed by atoms with Gasteiger partial charge in [0.05, 0.1) is 6.54 Å². The van der Waals surface area contributed by atoms with Crippen molar-refractivity contribution in [3.63, 3.8) is 0 Å². The molecule has 19 heavy (non-hydrogen) atoms. The minimum absolute atomic E-state index is 0.0260. The number of likely N-dealkylation sites (N-methyl/N-ethyl adjacent to an activating group) is 1. The van der Waals surface area contributed by atoms with E-state index < -0.39 is 0 Å². The van der Waals surface area contributed by atoms with Crippen molar-refractivity contribution in [3.05, 3.63) is 12.2 Å². The molecule has 0 aromatic carbocycles. The molecule has 0 aromatic heterocycles. The maximum absolute atomic E-state index is 11.3. The standard InChI is InChI=1S/C14H26N2O3/c1-2-15-14(19)12-16-13(18)10-8-6-4-3-5-7-9-11-17/h8,10,17H,2-7,9,11-12H2,1H3,(H,15,19)(H,16,18)/b10-8+. The molecule has 0 heterocycles. The number of aliphatic hydroxyl groups excluding tert-OH is 1. The summed E-state index contributed by atoms with van der Waals surface area (Å²) in [4.78, 5) is 22.4. The van der Waals surface area contributed by atoms with Crippen LogP contribution in [0.15, 0.2) is 12.2 Å². The van der Waals surface area contributed by atoms with Crippen LogP contribution in [0.1, 0.15) is 45.4 Å². The van der Waals surface area contributed by atoms with E-state index in [0.29, 0.717) is 6.54 Å². The Hall–Kier alpha value is -1.36. The quantitative estimate of drug-likeness (QED) is 0.389. The Morgan fingerprint density at radius 1 is 1.05 bits per heavy atom. The Kier molecular flexibility index (Phi) is 12.1. The third kappa shape index (κ3) is 12.9. The van der Waals surface area contributed by atoms with Crippen LogP contribution in [0.5, 0.6) is 0 Å². The average Bonchev–Trinajstić information content (AvgIpc) is 2.40. The zero-order valence-corrected chi connectivity index (χ0v) is 11.8. The first-order chi connectivity index (χ1) is 9.20. The van der Waals surface area contributed by atoms with Gasteiger partial charge in [-0.25, -0.2) is 0 Å². The summed E-state index contributed by atoms with van der Waals surface area (Å²) in [7, 11) is 0. The number of allylic oxidation sites excluding steroid dienone is 1. The lowest BCUT2D eigenvalue weighted by Crippen LogP contribution is -2.36. The van der Waals surface area contributed by atoms with Gasteiger partial charge in [-0.2, -0.15) is 0 Å². The molecule has 110 valence electrons. The van der Waals surface area contributed by atoms with Gasteiger partial charge in [-0.15, -0.1) is 0 Å². The van der Waals surface area contributed by atoms with Crippen molar-refractivity contribution < 1.29 is 14.7 Å². The van der Waals surface area contributed by atoms with Crippen molar-refractivity contribution >= 4 is 11.8 Å². The first kappa shape index (κ1) is 17.6. The second-order valence-corrected chi connectivity index (χ2v) is 4.35. The number of rotatable bonds is 11. The van der Waals surface area contributed by atoms with E-state index in [0.717, 1.165) is 38.5 Å². The summed E-state index contributed by atoms with van der Waals surface area (Å²) in [6, 6.07) is 0.